The first-order valence-electron chi connectivity index (χ1n) is 6.97. The van der Waals surface area contributed by atoms with Crippen LogP contribution in [0.1, 0.15) is 11.1 Å². The fraction of sp³-hybridized carbons (Fsp3) is 0.143. The summed E-state index contributed by atoms with van der Waals surface area (Å²) in [7, 11) is -4.47. The van der Waals surface area contributed by atoms with E-state index in [2.05, 4.69) is 0 Å². The Kier molecular flexibility index (Phi) is 5.43. The standard InChI is InChI=1S/C14H10B2F6O4/c17-13(18,19)11-5-7(15(23)24)1-3-9(11)10-4-2-8(16(25)26)6-12(10)14(20,21)22/h1-6,23-26H. The summed E-state index contributed by atoms with van der Waals surface area (Å²) in [6, 6.07) is 3.77. The molecule has 2 aromatic rings. The van der Waals surface area contributed by atoms with Crippen molar-refractivity contribution in [1.82, 2.24) is 0 Å². The molecule has 0 aliphatic rings. The van der Waals surface area contributed by atoms with Gasteiger partial charge in [-0.15, -0.1) is 0 Å². The Morgan fingerprint density at radius 3 is 1.12 bits per heavy atom. The van der Waals surface area contributed by atoms with Gasteiger partial charge in [-0.2, -0.15) is 26.3 Å². The molecule has 0 heterocycles. The van der Waals surface area contributed by atoms with E-state index in [1.54, 1.807) is 0 Å². The van der Waals surface area contributed by atoms with Crippen LogP contribution >= 0.6 is 0 Å². The summed E-state index contributed by atoms with van der Waals surface area (Å²) in [5.74, 6) is 0. The fourth-order valence-corrected chi connectivity index (χ4v) is 2.38. The van der Waals surface area contributed by atoms with Crippen LogP contribution in [0.25, 0.3) is 11.1 Å². The second-order valence-electron chi connectivity index (χ2n) is 5.35. The average molecular weight is 378 g/mol. The molecule has 0 radical (unpaired) electrons. The number of hydrogen-bond acceptors (Lipinski definition) is 4. The summed E-state index contributed by atoms with van der Waals surface area (Å²) < 4.78 is 79.7. The molecule has 138 valence electrons. The molecule has 4 N–H and O–H groups in total. The van der Waals surface area contributed by atoms with E-state index in [0.717, 1.165) is 12.1 Å². The summed E-state index contributed by atoms with van der Waals surface area (Å²) >= 11 is 0. The van der Waals surface area contributed by atoms with E-state index in [-0.39, 0.29) is 0 Å². The van der Waals surface area contributed by atoms with Gasteiger partial charge in [-0.3, -0.25) is 0 Å². The number of hydrogen-bond donors (Lipinski definition) is 4. The molecule has 0 fully saturated rings. The van der Waals surface area contributed by atoms with Crippen molar-refractivity contribution in [3.05, 3.63) is 47.5 Å². The van der Waals surface area contributed by atoms with Crippen LogP contribution < -0.4 is 10.9 Å². The van der Waals surface area contributed by atoms with Gasteiger partial charge in [0.15, 0.2) is 0 Å². The van der Waals surface area contributed by atoms with Crippen molar-refractivity contribution in [2.75, 3.05) is 0 Å². The van der Waals surface area contributed by atoms with Gasteiger partial charge in [0.25, 0.3) is 0 Å². The Labute approximate surface area is 143 Å². The summed E-state index contributed by atoms with van der Waals surface area (Å²) in [4.78, 5) is 0. The molecule has 0 amide bonds. The second-order valence-corrected chi connectivity index (χ2v) is 5.35. The Balaban J connectivity index is 2.79. The van der Waals surface area contributed by atoms with Crippen molar-refractivity contribution in [2.24, 2.45) is 0 Å². The highest BCUT2D eigenvalue weighted by molar-refractivity contribution is 6.59. The Morgan fingerprint density at radius 1 is 0.577 bits per heavy atom. The van der Waals surface area contributed by atoms with E-state index >= 15 is 0 Å². The molecule has 0 unspecified atom stereocenters. The van der Waals surface area contributed by atoms with Gasteiger partial charge in [-0.1, -0.05) is 24.3 Å². The van der Waals surface area contributed by atoms with Crippen LogP contribution in [-0.2, 0) is 12.4 Å². The van der Waals surface area contributed by atoms with Gasteiger partial charge >= 0.3 is 26.6 Å². The predicted molar refractivity (Wildman–Crippen MR) is 81.5 cm³/mol. The van der Waals surface area contributed by atoms with Crippen molar-refractivity contribution in [3.63, 3.8) is 0 Å². The van der Waals surface area contributed by atoms with Crippen molar-refractivity contribution < 1.29 is 46.4 Å². The topological polar surface area (TPSA) is 80.9 Å². The maximum atomic E-state index is 13.3. The lowest BCUT2D eigenvalue weighted by molar-refractivity contribution is -0.139. The van der Waals surface area contributed by atoms with Crippen molar-refractivity contribution in [3.8, 4) is 11.1 Å². The zero-order valence-corrected chi connectivity index (χ0v) is 12.7. The van der Waals surface area contributed by atoms with Crippen LogP contribution in [-0.4, -0.2) is 34.3 Å². The third kappa shape index (κ3) is 4.21. The van der Waals surface area contributed by atoms with E-state index in [4.69, 9.17) is 20.1 Å². The molecule has 0 aliphatic carbocycles. The van der Waals surface area contributed by atoms with Crippen LogP contribution in [0.4, 0.5) is 26.3 Å². The zero-order chi connectivity index (χ0) is 19.9. The average Bonchev–Trinajstić information content (AvgIpc) is 2.52. The molecule has 0 bridgehead atoms. The van der Waals surface area contributed by atoms with Crippen molar-refractivity contribution in [2.45, 2.75) is 12.4 Å². The lowest BCUT2D eigenvalue weighted by Crippen LogP contribution is -2.32. The van der Waals surface area contributed by atoms with Gasteiger partial charge in [0.1, 0.15) is 0 Å². The van der Waals surface area contributed by atoms with E-state index in [1.165, 1.54) is 0 Å². The molecule has 0 atom stereocenters. The fourth-order valence-electron chi connectivity index (χ4n) is 2.38. The maximum Gasteiger partial charge on any atom is 0.488 e. The molecule has 0 aromatic heterocycles. The van der Waals surface area contributed by atoms with E-state index in [0.29, 0.717) is 24.3 Å². The number of rotatable bonds is 3. The highest BCUT2D eigenvalue weighted by atomic mass is 19.4. The minimum absolute atomic E-state index is 0.342. The molecule has 0 saturated carbocycles. The van der Waals surface area contributed by atoms with Crippen LogP contribution in [0.5, 0.6) is 0 Å². The molecule has 0 aliphatic heterocycles. The van der Waals surface area contributed by atoms with Crippen LogP contribution in [0.3, 0.4) is 0 Å². The number of benzene rings is 2. The minimum Gasteiger partial charge on any atom is -0.423 e. The van der Waals surface area contributed by atoms with Crippen LogP contribution in [0, 0.1) is 0 Å². The lowest BCUT2D eigenvalue weighted by atomic mass is 9.76. The van der Waals surface area contributed by atoms with Gasteiger partial charge in [-0.25, -0.2) is 0 Å². The Hall–Kier alpha value is -2.01. The number of halogens is 6. The lowest BCUT2D eigenvalue weighted by Gasteiger charge is -2.19. The first-order valence-corrected chi connectivity index (χ1v) is 6.97. The molecule has 0 saturated heterocycles. The second kappa shape index (κ2) is 6.95. The monoisotopic (exact) mass is 378 g/mol. The third-order valence-corrected chi connectivity index (χ3v) is 3.58. The van der Waals surface area contributed by atoms with Gasteiger partial charge < -0.3 is 20.1 Å². The van der Waals surface area contributed by atoms with E-state index in [9.17, 15) is 26.3 Å². The largest absolute Gasteiger partial charge is 0.488 e. The summed E-state index contributed by atoms with van der Waals surface area (Å²) in [5.41, 5.74) is -5.76. The van der Waals surface area contributed by atoms with Crippen LogP contribution in [0.2, 0.25) is 0 Å². The highest BCUT2D eigenvalue weighted by Gasteiger charge is 2.39. The van der Waals surface area contributed by atoms with Crippen molar-refractivity contribution in [1.29, 1.82) is 0 Å². The quantitative estimate of drug-likeness (QED) is 0.470. The molecule has 4 nitrogen and oxygen atoms in total. The molecular weight excluding hydrogens is 368 g/mol. The SMILES string of the molecule is OB(O)c1ccc(-c2ccc(B(O)O)cc2C(F)(F)F)c(C(F)(F)F)c1. The van der Waals surface area contributed by atoms with Crippen molar-refractivity contribution >= 4 is 25.2 Å². The Bertz CT molecular complexity index is 737. The summed E-state index contributed by atoms with van der Waals surface area (Å²) in [6.07, 6.45) is -10.1. The van der Waals surface area contributed by atoms with Gasteiger partial charge in [0.2, 0.25) is 0 Å². The molecule has 0 spiro atoms. The minimum atomic E-state index is -5.07. The maximum absolute atomic E-state index is 13.3. The smallest absolute Gasteiger partial charge is 0.423 e. The normalized spacial score (nSPS) is 12.2. The van der Waals surface area contributed by atoms with E-state index < -0.39 is 59.8 Å². The third-order valence-electron chi connectivity index (χ3n) is 3.58. The number of alkyl halides is 6. The predicted octanol–water partition coefficient (Wildman–Crippen LogP) is 0.751. The molecule has 2 aromatic carbocycles. The summed E-state index contributed by atoms with van der Waals surface area (Å²) in [5, 5.41) is 36.0. The molecule has 12 heteroatoms. The van der Waals surface area contributed by atoms with Gasteiger partial charge in [0, 0.05) is 0 Å². The van der Waals surface area contributed by atoms with Gasteiger partial charge in [-0.05, 0) is 34.2 Å². The zero-order valence-electron chi connectivity index (χ0n) is 12.7. The Morgan fingerprint density at radius 2 is 0.885 bits per heavy atom. The molecule has 2 rings (SSSR count). The molecular formula is C14H10B2F6O4. The molecule has 26 heavy (non-hydrogen) atoms. The van der Waals surface area contributed by atoms with Crippen LogP contribution in [0.15, 0.2) is 36.4 Å². The van der Waals surface area contributed by atoms with E-state index in [1.807, 2.05) is 0 Å². The summed E-state index contributed by atoms with van der Waals surface area (Å²) in [6.45, 7) is 0. The van der Waals surface area contributed by atoms with Gasteiger partial charge in [0.05, 0.1) is 11.1 Å². The first-order chi connectivity index (χ1) is 11.8. The first kappa shape index (κ1) is 20.3. The highest BCUT2D eigenvalue weighted by Crippen LogP contribution is 2.41.